The number of nitrogens with zero attached hydrogens (tertiary/aromatic N) is 4. The third kappa shape index (κ3) is 4.85. The van der Waals surface area contributed by atoms with Crippen molar-refractivity contribution in [2.45, 2.75) is 6.92 Å². The summed E-state index contributed by atoms with van der Waals surface area (Å²) in [6, 6.07) is 18.7. The molecule has 0 unspecified atom stereocenters. The van der Waals surface area contributed by atoms with E-state index in [9.17, 15) is 4.79 Å². The van der Waals surface area contributed by atoms with Gasteiger partial charge in [-0.1, -0.05) is 30.3 Å². The van der Waals surface area contributed by atoms with Gasteiger partial charge in [0.05, 0.1) is 5.52 Å². The first-order chi connectivity index (χ1) is 14.7. The highest BCUT2D eigenvalue weighted by atomic mass is 16.1. The minimum Gasteiger partial charge on any atom is -0.368 e. The van der Waals surface area contributed by atoms with Gasteiger partial charge in [0.2, 0.25) is 0 Å². The quantitative estimate of drug-likeness (QED) is 0.410. The van der Waals surface area contributed by atoms with Gasteiger partial charge in [0.1, 0.15) is 29.0 Å². The van der Waals surface area contributed by atoms with Crippen LogP contribution in [0, 0.1) is 6.92 Å². The van der Waals surface area contributed by atoms with E-state index in [0.717, 1.165) is 10.9 Å². The van der Waals surface area contributed by atoms with Crippen molar-refractivity contribution in [1.82, 2.24) is 25.3 Å². The molecule has 4 rings (SSSR count). The molecule has 3 aromatic heterocycles. The number of rotatable bonds is 7. The van der Waals surface area contributed by atoms with Gasteiger partial charge >= 0.3 is 0 Å². The van der Waals surface area contributed by atoms with E-state index in [2.05, 4.69) is 35.9 Å². The topological polar surface area (TPSA) is 105 Å². The molecule has 4 aromatic rings. The third-order valence-corrected chi connectivity index (χ3v) is 4.31. The van der Waals surface area contributed by atoms with Gasteiger partial charge in [0.25, 0.3) is 5.91 Å². The largest absolute Gasteiger partial charge is 0.368 e. The lowest BCUT2D eigenvalue weighted by molar-refractivity contribution is 0.0950. The standard InChI is InChI=1S/C22H21N7O/c1-15-26-20(14-21(27-15)29-19-8-4-5-11-23-19)24-12-13-25-22(30)18-10-9-16-6-2-3-7-17(16)28-18/h2-11,14H,12-13H2,1H3,(H,25,30)(H2,23,24,26,27,29). The van der Waals surface area contributed by atoms with Crippen LogP contribution in [0.25, 0.3) is 10.9 Å². The van der Waals surface area contributed by atoms with E-state index in [0.29, 0.717) is 42.1 Å². The molecule has 0 fully saturated rings. The Morgan fingerprint density at radius 1 is 0.867 bits per heavy atom. The highest BCUT2D eigenvalue weighted by molar-refractivity contribution is 5.94. The second-order valence-electron chi connectivity index (χ2n) is 6.60. The molecule has 1 amide bonds. The summed E-state index contributed by atoms with van der Waals surface area (Å²) in [6.45, 7) is 2.76. The predicted octanol–water partition coefficient (Wildman–Crippen LogP) is 3.31. The third-order valence-electron chi connectivity index (χ3n) is 4.31. The van der Waals surface area contributed by atoms with Gasteiger partial charge in [-0.05, 0) is 31.2 Å². The van der Waals surface area contributed by atoms with Crippen LogP contribution in [0.15, 0.2) is 66.9 Å². The molecule has 150 valence electrons. The number of pyridine rings is 2. The number of benzene rings is 1. The Kier molecular flexibility index (Phi) is 5.75. The van der Waals surface area contributed by atoms with Crippen LogP contribution < -0.4 is 16.0 Å². The summed E-state index contributed by atoms with van der Waals surface area (Å²) >= 11 is 0. The Morgan fingerprint density at radius 3 is 2.57 bits per heavy atom. The fourth-order valence-corrected chi connectivity index (χ4v) is 2.94. The number of amides is 1. The number of hydrogen-bond donors (Lipinski definition) is 3. The molecule has 1 aromatic carbocycles. The maximum atomic E-state index is 12.4. The predicted molar refractivity (Wildman–Crippen MR) is 117 cm³/mol. The van der Waals surface area contributed by atoms with Gasteiger partial charge in [-0.25, -0.2) is 19.9 Å². The van der Waals surface area contributed by atoms with Gasteiger partial charge in [-0.15, -0.1) is 0 Å². The molecule has 8 heteroatoms. The van der Waals surface area contributed by atoms with Crippen LogP contribution in [0.1, 0.15) is 16.3 Å². The number of para-hydroxylation sites is 1. The van der Waals surface area contributed by atoms with E-state index in [4.69, 9.17) is 0 Å². The van der Waals surface area contributed by atoms with Gasteiger partial charge in [0, 0.05) is 30.7 Å². The SMILES string of the molecule is Cc1nc(NCCNC(=O)c2ccc3ccccc3n2)cc(Nc2ccccn2)n1. The summed E-state index contributed by atoms with van der Waals surface area (Å²) < 4.78 is 0. The molecule has 30 heavy (non-hydrogen) atoms. The number of nitrogens with one attached hydrogen (secondary N) is 3. The Labute approximate surface area is 173 Å². The van der Waals surface area contributed by atoms with Crippen LogP contribution >= 0.6 is 0 Å². The van der Waals surface area contributed by atoms with Crippen molar-refractivity contribution < 1.29 is 4.79 Å². The minimum absolute atomic E-state index is 0.209. The van der Waals surface area contributed by atoms with Crippen molar-refractivity contribution in [3.8, 4) is 0 Å². The molecule has 3 heterocycles. The van der Waals surface area contributed by atoms with E-state index in [1.54, 1.807) is 18.3 Å². The number of carbonyl (C=O) groups is 1. The van der Waals surface area contributed by atoms with Crippen molar-refractivity contribution >= 4 is 34.3 Å². The molecular weight excluding hydrogens is 378 g/mol. The highest BCUT2D eigenvalue weighted by Crippen LogP contribution is 2.15. The van der Waals surface area contributed by atoms with Gasteiger partial charge in [0.15, 0.2) is 0 Å². The second-order valence-corrected chi connectivity index (χ2v) is 6.60. The summed E-state index contributed by atoms with van der Waals surface area (Å²) in [5.74, 6) is 2.44. The van der Waals surface area contributed by atoms with E-state index in [1.165, 1.54) is 0 Å². The van der Waals surface area contributed by atoms with Crippen LogP contribution in [0.2, 0.25) is 0 Å². The maximum Gasteiger partial charge on any atom is 0.269 e. The van der Waals surface area contributed by atoms with E-state index in [1.807, 2.05) is 55.5 Å². The lowest BCUT2D eigenvalue weighted by atomic mass is 10.2. The zero-order valence-electron chi connectivity index (χ0n) is 16.5. The Morgan fingerprint density at radius 2 is 1.70 bits per heavy atom. The molecular formula is C22H21N7O. The number of carbonyl (C=O) groups excluding carboxylic acids is 1. The number of aromatic nitrogens is 4. The van der Waals surface area contributed by atoms with Crippen molar-refractivity contribution in [3.05, 3.63) is 78.4 Å². The molecule has 0 bridgehead atoms. The van der Waals surface area contributed by atoms with Crippen LogP contribution in [0.5, 0.6) is 0 Å². The van der Waals surface area contributed by atoms with Crippen LogP contribution in [-0.4, -0.2) is 38.9 Å². The molecule has 8 nitrogen and oxygen atoms in total. The number of fused-ring (bicyclic) bond motifs is 1. The average molecular weight is 399 g/mol. The maximum absolute atomic E-state index is 12.4. The summed E-state index contributed by atoms with van der Waals surface area (Å²) in [4.78, 5) is 29.8. The summed E-state index contributed by atoms with van der Waals surface area (Å²) in [7, 11) is 0. The number of hydrogen-bond acceptors (Lipinski definition) is 7. The average Bonchev–Trinajstić information content (AvgIpc) is 2.76. The number of anilines is 3. The lowest BCUT2D eigenvalue weighted by Gasteiger charge is -2.10. The normalized spacial score (nSPS) is 10.6. The Bertz CT molecular complexity index is 1160. The summed E-state index contributed by atoms with van der Waals surface area (Å²) in [5.41, 5.74) is 1.20. The minimum atomic E-state index is -0.209. The molecule has 3 N–H and O–H groups in total. The smallest absolute Gasteiger partial charge is 0.269 e. The zero-order chi connectivity index (χ0) is 20.8. The molecule has 0 atom stereocenters. The van der Waals surface area contributed by atoms with E-state index < -0.39 is 0 Å². The highest BCUT2D eigenvalue weighted by Gasteiger charge is 2.08. The molecule has 0 radical (unpaired) electrons. The molecule has 0 aliphatic heterocycles. The summed E-state index contributed by atoms with van der Waals surface area (Å²) in [6.07, 6.45) is 1.71. The van der Waals surface area contributed by atoms with Crippen molar-refractivity contribution in [2.24, 2.45) is 0 Å². The van der Waals surface area contributed by atoms with Crippen LogP contribution in [-0.2, 0) is 0 Å². The van der Waals surface area contributed by atoms with Crippen molar-refractivity contribution in [2.75, 3.05) is 23.7 Å². The fraction of sp³-hybridized carbons (Fsp3) is 0.136. The zero-order valence-corrected chi connectivity index (χ0v) is 16.5. The number of aryl methyl sites for hydroxylation is 1. The first-order valence-corrected chi connectivity index (χ1v) is 9.59. The van der Waals surface area contributed by atoms with Crippen molar-refractivity contribution in [3.63, 3.8) is 0 Å². The Balaban J connectivity index is 1.32. The summed E-state index contributed by atoms with van der Waals surface area (Å²) in [5, 5.41) is 10.2. The molecule has 0 aliphatic rings. The molecule has 0 spiro atoms. The fourth-order valence-electron chi connectivity index (χ4n) is 2.94. The first-order valence-electron chi connectivity index (χ1n) is 9.59. The van der Waals surface area contributed by atoms with Gasteiger partial charge in [-0.2, -0.15) is 0 Å². The second kappa shape index (κ2) is 8.95. The van der Waals surface area contributed by atoms with Gasteiger partial charge < -0.3 is 16.0 Å². The molecule has 0 saturated heterocycles. The molecule has 0 aliphatic carbocycles. The Hall–Kier alpha value is -4.07. The van der Waals surface area contributed by atoms with Gasteiger partial charge in [-0.3, -0.25) is 4.79 Å². The van der Waals surface area contributed by atoms with Crippen LogP contribution in [0.3, 0.4) is 0 Å². The lowest BCUT2D eigenvalue weighted by Crippen LogP contribution is -2.29. The van der Waals surface area contributed by atoms with E-state index in [-0.39, 0.29) is 5.91 Å². The van der Waals surface area contributed by atoms with E-state index >= 15 is 0 Å². The first kappa shape index (κ1) is 19.3. The molecule has 0 saturated carbocycles. The van der Waals surface area contributed by atoms with Crippen molar-refractivity contribution in [1.29, 1.82) is 0 Å². The monoisotopic (exact) mass is 399 g/mol. The van der Waals surface area contributed by atoms with Crippen LogP contribution in [0.4, 0.5) is 17.5 Å².